The fourth-order valence-corrected chi connectivity index (χ4v) is 1.95. The Bertz CT molecular complexity index is 186. The predicted octanol–water partition coefficient (Wildman–Crippen LogP) is -1.76. The molecule has 0 aliphatic rings. The van der Waals surface area contributed by atoms with Crippen LogP contribution in [0.15, 0.2) is 0 Å². The third-order valence-corrected chi connectivity index (χ3v) is 2.92. The monoisotopic (exact) mass is 302 g/mol. The van der Waals surface area contributed by atoms with Crippen LogP contribution >= 0.6 is 0 Å². The Labute approximate surface area is 135 Å². The Morgan fingerprint density at radius 2 is 1.39 bits per heavy atom. The second kappa shape index (κ2) is 13.1. The molecule has 0 aliphatic carbocycles. The van der Waals surface area contributed by atoms with Crippen molar-refractivity contribution in [3.8, 4) is 0 Å². The van der Waals surface area contributed by atoms with Gasteiger partial charge in [0.1, 0.15) is 6.61 Å². The van der Waals surface area contributed by atoms with Crippen molar-refractivity contribution in [2.45, 2.75) is 6.18 Å². The van der Waals surface area contributed by atoms with Gasteiger partial charge in [-0.2, -0.15) is 13.2 Å². The zero-order chi connectivity index (χ0) is 13.1. The number of alkyl halides is 3. The Morgan fingerprint density at radius 1 is 0.944 bits per heavy atom. The van der Waals surface area contributed by atoms with Gasteiger partial charge in [-0.15, -0.1) is 0 Å². The van der Waals surface area contributed by atoms with Crippen molar-refractivity contribution in [3.63, 3.8) is 0 Å². The largest absolute Gasteiger partial charge is 1.00 e. The molecule has 0 saturated heterocycles. The molecule has 0 saturated carbocycles. The maximum Gasteiger partial charge on any atom is 1.00 e. The van der Waals surface area contributed by atoms with Gasteiger partial charge < -0.3 is 22.3 Å². The Kier molecular flexibility index (Phi) is 15.6. The summed E-state index contributed by atoms with van der Waals surface area (Å²) >= 11 is -2.78. The van der Waals surface area contributed by atoms with Gasteiger partial charge in [0.15, 0.2) is 0 Å². The number of hydrogen-bond donors (Lipinski definition) is 0. The minimum absolute atomic E-state index is 0. The first-order valence-electron chi connectivity index (χ1n) is 4.89. The molecule has 0 aromatic rings. The molecule has 0 atom stereocenters. The van der Waals surface area contributed by atoms with Crippen LogP contribution in [-0.4, -0.2) is 68.6 Å². The van der Waals surface area contributed by atoms with Crippen LogP contribution in [0.25, 0.3) is 0 Å². The average Bonchev–Trinajstić information content (AvgIpc) is 2.24. The summed E-state index contributed by atoms with van der Waals surface area (Å²) in [7, 11) is 2.92. The molecule has 106 valence electrons. The van der Waals surface area contributed by atoms with Crippen molar-refractivity contribution in [2.24, 2.45) is 0 Å². The minimum atomic E-state index is -4.39. The van der Waals surface area contributed by atoms with E-state index in [1.165, 1.54) is 14.2 Å². The third-order valence-electron chi connectivity index (χ3n) is 1.47. The summed E-state index contributed by atoms with van der Waals surface area (Å²) in [6.45, 7) is -0.556. The van der Waals surface area contributed by atoms with Crippen molar-refractivity contribution in [3.05, 3.63) is 0 Å². The van der Waals surface area contributed by atoms with Gasteiger partial charge in [-0.25, -0.2) is 0 Å². The van der Waals surface area contributed by atoms with Crippen LogP contribution in [0.2, 0.25) is 0 Å². The van der Waals surface area contributed by atoms with Gasteiger partial charge in [0.2, 0.25) is 0 Å². The first kappa shape index (κ1) is 21.4. The number of hydrogen-bond acceptors (Lipinski definition) is 5. The molecule has 0 radical (unpaired) electrons. The number of ether oxygens (including phenoxy) is 2. The molecule has 0 N–H and O–H groups in total. The van der Waals surface area contributed by atoms with Gasteiger partial charge in [0, 0.05) is 28.9 Å². The molecule has 10 heteroatoms. The zero-order valence-corrected chi connectivity index (χ0v) is 13.9. The van der Waals surface area contributed by atoms with Crippen LogP contribution < -0.4 is 29.6 Å². The molecule has 0 amide bonds. The summed E-state index contributed by atoms with van der Waals surface area (Å²) in [6, 6.07) is 0. The molecule has 0 aromatic heterocycles. The van der Waals surface area contributed by atoms with Crippen molar-refractivity contribution in [1.82, 2.24) is 0 Å². The molecule has 5 nitrogen and oxygen atoms in total. The second-order valence-corrected chi connectivity index (χ2v) is 4.52. The molecule has 0 spiro atoms. The maximum atomic E-state index is 11.9. The molecule has 0 unspecified atom stereocenters. The van der Waals surface area contributed by atoms with Crippen LogP contribution in [0.1, 0.15) is 2.85 Å². The third kappa shape index (κ3) is 15.2. The number of halogens is 3. The smallest absolute Gasteiger partial charge is 1.00 e. The fourth-order valence-electron chi connectivity index (χ4n) is 0.762. The van der Waals surface area contributed by atoms with E-state index in [4.69, 9.17) is 17.1 Å². The van der Waals surface area contributed by atoms with Crippen LogP contribution in [0, 0.1) is 0 Å². The van der Waals surface area contributed by atoms with Crippen molar-refractivity contribution in [2.75, 3.05) is 47.3 Å². The van der Waals surface area contributed by atoms with E-state index in [2.05, 4.69) is 3.79 Å². The maximum absolute atomic E-state index is 11.9. The molecule has 0 heterocycles. The molecule has 0 fully saturated rings. The molecule has 0 bridgehead atoms. The van der Waals surface area contributed by atoms with Crippen LogP contribution in [-0.2, 0) is 20.8 Å². The summed E-state index contributed by atoms with van der Waals surface area (Å²) in [5, 5.41) is 0. The fraction of sp³-hybridized carbons (Fsp3) is 1.00. The Morgan fingerprint density at radius 3 is 1.72 bits per heavy atom. The van der Waals surface area contributed by atoms with Crippen molar-refractivity contribution >= 4 is 15.1 Å². The molecular formula is C8H19AlF3NaO5. The van der Waals surface area contributed by atoms with Gasteiger partial charge >= 0.3 is 50.9 Å². The van der Waals surface area contributed by atoms with Crippen molar-refractivity contribution < 1.29 is 66.4 Å². The predicted molar refractivity (Wildman–Crippen MR) is 56.6 cm³/mol. The van der Waals surface area contributed by atoms with E-state index in [1.807, 2.05) is 0 Å². The molecule has 0 aliphatic heterocycles. The summed E-state index contributed by atoms with van der Waals surface area (Å²) in [5.41, 5.74) is 0. The first-order chi connectivity index (χ1) is 7.99. The zero-order valence-electron chi connectivity index (χ0n) is 11.8. The SMILES string of the molecule is COCC[O][Al]([O]CCOC)[O]CC(F)(F)F.[H-].[HH].[Na+]. The van der Waals surface area contributed by atoms with Crippen molar-refractivity contribution in [1.29, 1.82) is 0 Å². The minimum Gasteiger partial charge on any atom is -1.00 e. The van der Waals surface area contributed by atoms with E-state index < -0.39 is 27.9 Å². The van der Waals surface area contributed by atoms with E-state index in [9.17, 15) is 13.2 Å². The van der Waals surface area contributed by atoms with Gasteiger partial charge in [-0.3, -0.25) is 0 Å². The second-order valence-electron chi connectivity index (χ2n) is 2.94. The van der Waals surface area contributed by atoms with Gasteiger partial charge in [0.05, 0.1) is 13.2 Å². The quantitative estimate of drug-likeness (QED) is 0.353. The van der Waals surface area contributed by atoms with E-state index >= 15 is 0 Å². The van der Waals surface area contributed by atoms with Crippen LogP contribution in [0.4, 0.5) is 13.2 Å². The molecule has 0 aromatic carbocycles. The summed E-state index contributed by atoms with van der Waals surface area (Å²) in [6.07, 6.45) is -4.39. The standard InChI is InChI=1S/2C3H7O2.C2H2F3O.Al.Na.H2.H/c2*1-5-3-2-4;3-2(4,5)1-6;;;;/h2*2-3H2,1H3;1H2;;;1H;/q3*-1;+3;+1;;-1. The molecule has 0 rings (SSSR count). The van der Waals surface area contributed by atoms with Crippen LogP contribution in [0.5, 0.6) is 0 Å². The Hall–Kier alpha value is 1.12. The van der Waals surface area contributed by atoms with E-state index in [0.29, 0.717) is 0 Å². The first-order valence-corrected chi connectivity index (χ1v) is 6.30. The topological polar surface area (TPSA) is 46.2 Å². The average molecular weight is 302 g/mol. The molecule has 18 heavy (non-hydrogen) atoms. The summed E-state index contributed by atoms with van der Waals surface area (Å²) in [5.74, 6) is 0. The van der Waals surface area contributed by atoms with E-state index in [0.717, 1.165) is 0 Å². The van der Waals surface area contributed by atoms with Gasteiger partial charge in [0.25, 0.3) is 0 Å². The van der Waals surface area contributed by atoms with Gasteiger partial charge in [-0.05, 0) is 0 Å². The van der Waals surface area contributed by atoms with E-state index in [1.54, 1.807) is 0 Å². The Balaban J connectivity index is -0.000000427. The summed E-state index contributed by atoms with van der Waals surface area (Å²) in [4.78, 5) is 0. The van der Waals surface area contributed by atoms with E-state index in [-0.39, 0.29) is 58.8 Å². The molecular weight excluding hydrogens is 283 g/mol. The summed E-state index contributed by atoms with van der Waals surface area (Å²) < 4.78 is 59.8. The number of methoxy groups -OCH3 is 2. The van der Waals surface area contributed by atoms with Gasteiger partial charge in [-0.1, -0.05) is 0 Å². The normalized spacial score (nSPS) is 11.2. The van der Waals surface area contributed by atoms with Crippen LogP contribution in [0.3, 0.4) is 0 Å². The number of rotatable bonds is 10.